The molecule has 0 aliphatic carbocycles. The molecule has 0 heterocycles. The summed E-state index contributed by atoms with van der Waals surface area (Å²) >= 11 is 0. The van der Waals surface area contributed by atoms with Gasteiger partial charge in [0.1, 0.15) is 23.3 Å². The van der Waals surface area contributed by atoms with Crippen LogP contribution < -0.4 is 20.1 Å². The molecule has 0 aliphatic heterocycles. The molecule has 2 amide bonds. The number of alkyl carbamates (subject to hydrolysis) is 2. The summed E-state index contributed by atoms with van der Waals surface area (Å²) < 4.78 is 21.9. The van der Waals surface area contributed by atoms with E-state index in [0.29, 0.717) is 12.0 Å². The fraction of sp³-hybridized carbons (Fsp3) is 0.730. The first-order chi connectivity index (χ1) is 22.0. The standard InChI is InChI=1S/C37H62N2O8/c1-10-11-12-13-14-15-16-17-18-19-20-21-22-24-29-25-23-26-30(44-32(40)27(2)38-34(42)46-36(4,5)6)31(29)45-33(41)28(3)39-35(43)47-37(7,8)9/h23,25-28H,10-22,24H2,1-9H3,(H,38,42)(H,39,43). The Hall–Kier alpha value is -3.30. The molecule has 1 rings (SSSR count). The Bertz CT molecular complexity index is 1110. The summed E-state index contributed by atoms with van der Waals surface area (Å²) in [6.07, 6.45) is 15.1. The van der Waals surface area contributed by atoms with Crippen molar-refractivity contribution in [3.8, 4) is 11.5 Å². The van der Waals surface area contributed by atoms with Gasteiger partial charge in [0, 0.05) is 0 Å². The first kappa shape index (κ1) is 41.7. The molecule has 2 unspecified atom stereocenters. The van der Waals surface area contributed by atoms with Crippen LogP contribution in [0.25, 0.3) is 0 Å². The zero-order valence-electron chi connectivity index (χ0n) is 30.6. The molecule has 10 nitrogen and oxygen atoms in total. The highest BCUT2D eigenvalue weighted by atomic mass is 16.6. The molecule has 2 atom stereocenters. The van der Waals surface area contributed by atoms with Crippen LogP contribution in [0.3, 0.4) is 0 Å². The molecule has 10 heteroatoms. The van der Waals surface area contributed by atoms with E-state index in [0.717, 1.165) is 19.3 Å². The lowest BCUT2D eigenvalue weighted by Gasteiger charge is -2.22. The molecule has 0 fully saturated rings. The van der Waals surface area contributed by atoms with E-state index in [1.54, 1.807) is 47.6 Å². The normalized spacial score (nSPS) is 12.9. The Morgan fingerprint density at radius 1 is 0.617 bits per heavy atom. The third-order valence-corrected chi connectivity index (χ3v) is 7.20. The molecule has 0 bridgehead atoms. The monoisotopic (exact) mass is 662 g/mol. The van der Waals surface area contributed by atoms with Crippen molar-refractivity contribution in [1.82, 2.24) is 10.6 Å². The van der Waals surface area contributed by atoms with Crippen molar-refractivity contribution in [2.75, 3.05) is 0 Å². The predicted molar refractivity (Wildman–Crippen MR) is 185 cm³/mol. The van der Waals surface area contributed by atoms with Gasteiger partial charge in [-0.2, -0.15) is 0 Å². The van der Waals surface area contributed by atoms with Gasteiger partial charge in [-0.25, -0.2) is 19.2 Å². The average molecular weight is 663 g/mol. The number of nitrogens with one attached hydrogen (secondary N) is 2. The first-order valence-electron chi connectivity index (χ1n) is 17.6. The lowest BCUT2D eigenvalue weighted by molar-refractivity contribution is -0.139. The molecule has 0 saturated carbocycles. The minimum atomic E-state index is -1.04. The third-order valence-electron chi connectivity index (χ3n) is 7.20. The highest BCUT2D eigenvalue weighted by Gasteiger charge is 2.27. The Morgan fingerprint density at radius 3 is 1.45 bits per heavy atom. The number of unbranched alkanes of at least 4 members (excludes halogenated alkanes) is 12. The Kier molecular flexibility index (Phi) is 19.1. The number of esters is 2. The van der Waals surface area contributed by atoms with Gasteiger partial charge in [-0.3, -0.25) is 0 Å². The highest BCUT2D eigenvalue weighted by molar-refractivity contribution is 5.85. The van der Waals surface area contributed by atoms with Crippen molar-refractivity contribution in [3.63, 3.8) is 0 Å². The second-order valence-corrected chi connectivity index (χ2v) is 14.3. The number of benzene rings is 1. The summed E-state index contributed by atoms with van der Waals surface area (Å²) in [6.45, 7) is 15.5. The minimum Gasteiger partial charge on any atom is -0.444 e. The van der Waals surface area contributed by atoms with Crippen molar-refractivity contribution in [1.29, 1.82) is 0 Å². The summed E-state index contributed by atoms with van der Waals surface area (Å²) in [5, 5.41) is 4.95. The van der Waals surface area contributed by atoms with Gasteiger partial charge in [0.15, 0.2) is 11.5 Å². The van der Waals surface area contributed by atoms with Crippen LogP contribution in [0.4, 0.5) is 9.59 Å². The van der Waals surface area contributed by atoms with Gasteiger partial charge < -0.3 is 29.6 Å². The van der Waals surface area contributed by atoms with Crippen LogP contribution in [0.1, 0.15) is 151 Å². The molecule has 1 aromatic rings. The maximum atomic E-state index is 13.1. The molecule has 47 heavy (non-hydrogen) atoms. The molecule has 0 saturated heterocycles. The first-order valence-corrected chi connectivity index (χ1v) is 17.6. The largest absolute Gasteiger partial charge is 0.444 e. The van der Waals surface area contributed by atoms with E-state index in [2.05, 4.69) is 17.6 Å². The molecular formula is C37H62N2O8. The molecular weight excluding hydrogens is 600 g/mol. The van der Waals surface area contributed by atoms with Gasteiger partial charge in [-0.15, -0.1) is 0 Å². The summed E-state index contributed by atoms with van der Waals surface area (Å²) in [6, 6.07) is 3.01. The van der Waals surface area contributed by atoms with E-state index in [9.17, 15) is 19.2 Å². The van der Waals surface area contributed by atoms with Crippen molar-refractivity contribution in [3.05, 3.63) is 23.8 Å². The zero-order valence-corrected chi connectivity index (χ0v) is 30.6. The van der Waals surface area contributed by atoms with Gasteiger partial charge in [0.05, 0.1) is 0 Å². The van der Waals surface area contributed by atoms with Gasteiger partial charge in [-0.1, -0.05) is 96.1 Å². The fourth-order valence-corrected chi connectivity index (χ4v) is 4.76. The lowest BCUT2D eigenvalue weighted by atomic mass is 10.0. The summed E-state index contributed by atoms with van der Waals surface area (Å²) in [5.74, 6) is -1.36. The number of aryl methyl sites for hydroxylation is 1. The SMILES string of the molecule is CCCCCCCCCCCCCCCc1cccc(OC(=O)C(C)NC(=O)OC(C)(C)C)c1OC(=O)C(C)NC(=O)OC(C)(C)C. The van der Waals surface area contributed by atoms with E-state index in [1.807, 2.05) is 6.07 Å². The number of carbonyl (C=O) groups excluding carboxylic acids is 4. The second-order valence-electron chi connectivity index (χ2n) is 14.3. The van der Waals surface area contributed by atoms with E-state index >= 15 is 0 Å². The van der Waals surface area contributed by atoms with Crippen LogP contribution in [0.5, 0.6) is 11.5 Å². The summed E-state index contributed by atoms with van der Waals surface area (Å²) in [4.78, 5) is 50.5. The number of hydrogen-bond donors (Lipinski definition) is 2. The van der Waals surface area contributed by atoms with Gasteiger partial charge in [0.25, 0.3) is 0 Å². The minimum absolute atomic E-state index is 0.0397. The summed E-state index contributed by atoms with van der Waals surface area (Å²) in [7, 11) is 0. The quantitative estimate of drug-likeness (QED) is 0.0804. The number of amides is 2. The van der Waals surface area contributed by atoms with Crippen LogP contribution in [-0.2, 0) is 25.5 Å². The van der Waals surface area contributed by atoms with Gasteiger partial charge >= 0.3 is 24.1 Å². The van der Waals surface area contributed by atoms with Crippen molar-refractivity contribution < 1.29 is 38.1 Å². The van der Waals surface area contributed by atoms with Crippen molar-refractivity contribution in [2.45, 2.75) is 175 Å². The molecule has 0 aromatic heterocycles. The van der Waals surface area contributed by atoms with Crippen molar-refractivity contribution >= 4 is 24.1 Å². The number of rotatable bonds is 20. The average Bonchev–Trinajstić information content (AvgIpc) is 2.94. The van der Waals surface area contributed by atoms with Crippen LogP contribution in [0.2, 0.25) is 0 Å². The number of ether oxygens (including phenoxy) is 4. The van der Waals surface area contributed by atoms with E-state index in [-0.39, 0.29) is 11.5 Å². The second kappa shape index (κ2) is 21.5. The smallest absolute Gasteiger partial charge is 0.408 e. The lowest BCUT2D eigenvalue weighted by Crippen LogP contribution is -2.44. The van der Waals surface area contributed by atoms with Crippen LogP contribution in [0, 0.1) is 0 Å². The maximum Gasteiger partial charge on any atom is 0.408 e. The number of hydrogen-bond acceptors (Lipinski definition) is 8. The van der Waals surface area contributed by atoms with E-state index < -0.39 is 47.4 Å². The highest BCUT2D eigenvalue weighted by Crippen LogP contribution is 2.33. The van der Waals surface area contributed by atoms with Crippen LogP contribution >= 0.6 is 0 Å². The Labute approximate surface area is 283 Å². The van der Waals surface area contributed by atoms with Gasteiger partial charge in [-0.05, 0) is 79.9 Å². The molecule has 0 aliphatic rings. The predicted octanol–water partition coefficient (Wildman–Crippen LogP) is 8.96. The Balaban J connectivity index is 2.85. The van der Waals surface area contributed by atoms with Crippen molar-refractivity contribution in [2.24, 2.45) is 0 Å². The summed E-state index contributed by atoms with van der Waals surface area (Å²) in [5.41, 5.74) is -0.774. The third kappa shape index (κ3) is 19.8. The van der Waals surface area contributed by atoms with E-state index in [4.69, 9.17) is 18.9 Å². The zero-order chi connectivity index (χ0) is 35.5. The molecule has 2 N–H and O–H groups in total. The van der Waals surface area contributed by atoms with E-state index in [1.165, 1.54) is 84.1 Å². The molecule has 268 valence electrons. The number of carbonyl (C=O) groups is 4. The Morgan fingerprint density at radius 2 is 1.02 bits per heavy atom. The number of para-hydroxylation sites is 1. The molecule has 1 aromatic carbocycles. The van der Waals surface area contributed by atoms with Crippen LogP contribution in [-0.4, -0.2) is 47.4 Å². The fourth-order valence-electron chi connectivity index (χ4n) is 4.76. The van der Waals surface area contributed by atoms with Crippen LogP contribution in [0.15, 0.2) is 18.2 Å². The topological polar surface area (TPSA) is 129 Å². The maximum absolute atomic E-state index is 13.1. The molecule has 0 radical (unpaired) electrons. The van der Waals surface area contributed by atoms with Gasteiger partial charge in [0.2, 0.25) is 0 Å². The molecule has 0 spiro atoms.